The summed E-state index contributed by atoms with van der Waals surface area (Å²) in [4.78, 5) is 4.79. The summed E-state index contributed by atoms with van der Waals surface area (Å²) in [7, 11) is 0. The van der Waals surface area contributed by atoms with E-state index in [1.54, 1.807) is 6.07 Å². The van der Waals surface area contributed by atoms with Gasteiger partial charge in [-0.1, -0.05) is 26.8 Å². The summed E-state index contributed by atoms with van der Waals surface area (Å²) in [5.74, 6) is 1.39. The van der Waals surface area contributed by atoms with Crippen LogP contribution in [0.3, 0.4) is 0 Å². The highest BCUT2D eigenvalue weighted by Gasteiger charge is 2.34. The number of nitrogens with two attached hydrogens (primary N) is 1. The Labute approximate surface area is 125 Å². The van der Waals surface area contributed by atoms with E-state index in [2.05, 4.69) is 25.3 Å². The predicted octanol–water partition coefficient (Wildman–Crippen LogP) is 4.21. The highest BCUT2D eigenvalue weighted by atomic mass is 19.1. The minimum atomic E-state index is -0.256. The number of aryl methyl sites for hydroxylation is 1. The first-order valence-electron chi connectivity index (χ1n) is 7.43. The molecule has 0 saturated heterocycles. The fourth-order valence-corrected chi connectivity index (χ4v) is 2.72. The summed E-state index contributed by atoms with van der Waals surface area (Å²) in [5.41, 5.74) is 8.77. The third kappa shape index (κ3) is 2.43. The van der Waals surface area contributed by atoms with Crippen molar-refractivity contribution in [3.05, 3.63) is 35.4 Å². The number of nitrogen functional groups attached to an aromatic ring is 1. The smallest absolute Gasteiger partial charge is 0.132 e. The largest absolute Gasteiger partial charge is 0.383 e. The second kappa shape index (κ2) is 4.58. The van der Waals surface area contributed by atoms with E-state index >= 15 is 0 Å². The van der Waals surface area contributed by atoms with Crippen molar-refractivity contribution in [2.24, 2.45) is 0 Å². The van der Waals surface area contributed by atoms with Gasteiger partial charge in [-0.25, -0.2) is 9.37 Å². The molecule has 1 aromatic carbocycles. The molecule has 2 N–H and O–H groups in total. The van der Waals surface area contributed by atoms with Gasteiger partial charge in [0.15, 0.2) is 0 Å². The molecule has 0 radical (unpaired) electrons. The minimum Gasteiger partial charge on any atom is -0.383 e. The van der Waals surface area contributed by atoms with Gasteiger partial charge in [0.05, 0.1) is 0 Å². The highest BCUT2D eigenvalue weighted by molar-refractivity contribution is 5.74. The lowest BCUT2D eigenvalue weighted by molar-refractivity contribution is 0.504. The molecule has 1 aromatic heterocycles. The molecule has 1 aliphatic rings. The zero-order valence-corrected chi connectivity index (χ0v) is 13.1. The van der Waals surface area contributed by atoms with Crippen molar-refractivity contribution >= 4 is 5.82 Å². The fourth-order valence-electron chi connectivity index (χ4n) is 2.72. The molecule has 112 valence electrons. The molecule has 1 saturated carbocycles. The van der Waals surface area contributed by atoms with E-state index in [4.69, 9.17) is 10.7 Å². The molecule has 0 aliphatic heterocycles. The van der Waals surface area contributed by atoms with Gasteiger partial charge in [-0.2, -0.15) is 0 Å². The maximum atomic E-state index is 13.6. The number of benzene rings is 1. The molecule has 2 aromatic rings. The molecule has 0 atom stereocenters. The number of nitrogens with zero attached hydrogens (tertiary/aromatic N) is 2. The van der Waals surface area contributed by atoms with Gasteiger partial charge >= 0.3 is 0 Å². The third-order valence-corrected chi connectivity index (χ3v) is 3.99. The van der Waals surface area contributed by atoms with Crippen molar-refractivity contribution in [1.29, 1.82) is 0 Å². The van der Waals surface area contributed by atoms with Gasteiger partial charge in [0.2, 0.25) is 0 Å². The summed E-state index contributed by atoms with van der Waals surface area (Å²) in [6, 6.07) is 5.22. The molecule has 1 heterocycles. The first-order chi connectivity index (χ1) is 9.79. The average molecular weight is 287 g/mol. The van der Waals surface area contributed by atoms with Crippen LogP contribution < -0.4 is 5.73 Å². The Morgan fingerprint density at radius 3 is 2.52 bits per heavy atom. The van der Waals surface area contributed by atoms with Gasteiger partial charge in [0, 0.05) is 17.0 Å². The predicted molar refractivity (Wildman–Crippen MR) is 83.7 cm³/mol. The third-order valence-electron chi connectivity index (χ3n) is 3.99. The number of halogens is 1. The van der Waals surface area contributed by atoms with E-state index in [0.29, 0.717) is 17.6 Å². The van der Waals surface area contributed by atoms with E-state index in [-0.39, 0.29) is 11.2 Å². The van der Waals surface area contributed by atoms with Crippen molar-refractivity contribution in [1.82, 2.24) is 9.55 Å². The number of imidazole rings is 1. The average Bonchev–Trinajstić information content (AvgIpc) is 3.15. The first-order valence-corrected chi connectivity index (χ1v) is 7.43. The molecule has 0 bridgehead atoms. The van der Waals surface area contributed by atoms with Gasteiger partial charge in [-0.05, 0) is 37.5 Å². The summed E-state index contributed by atoms with van der Waals surface area (Å²) >= 11 is 0. The monoisotopic (exact) mass is 287 g/mol. The van der Waals surface area contributed by atoms with Crippen molar-refractivity contribution in [2.45, 2.75) is 52.0 Å². The number of aromatic nitrogens is 2. The number of hydrogen-bond donors (Lipinski definition) is 1. The Balaban J connectivity index is 2.22. The molecule has 0 unspecified atom stereocenters. The van der Waals surface area contributed by atoms with Crippen molar-refractivity contribution in [3.63, 3.8) is 0 Å². The Morgan fingerprint density at radius 1 is 1.29 bits per heavy atom. The van der Waals surface area contributed by atoms with E-state index in [9.17, 15) is 4.39 Å². The van der Waals surface area contributed by atoms with Gasteiger partial charge < -0.3 is 10.3 Å². The van der Waals surface area contributed by atoms with Crippen LogP contribution in [0.15, 0.2) is 18.2 Å². The lowest BCUT2D eigenvalue weighted by atomic mass is 9.95. The van der Waals surface area contributed by atoms with Gasteiger partial charge in [-0.3, -0.25) is 0 Å². The van der Waals surface area contributed by atoms with E-state index in [1.807, 2.05) is 6.92 Å². The summed E-state index contributed by atoms with van der Waals surface area (Å²) < 4.78 is 15.8. The van der Waals surface area contributed by atoms with Gasteiger partial charge in [-0.15, -0.1) is 0 Å². The Kier molecular flexibility index (Phi) is 3.08. The van der Waals surface area contributed by atoms with Crippen molar-refractivity contribution in [2.75, 3.05) is 5.73 Å². The molecular weight excluding hydrogens is 265 g/mol. The normalized spacial score (nSPS) is 15.5. The molecular formula is C17H22FN3. The van der Waals surface area contributed by atoms with Crippen LogP contribution >= 0.6 is 0 Å². The van der Waals surface area contributed by atoms with Gasteiger partial charge in [0.1, 0.15) is 23.2 Å². The fraction of sp³-hybridized carbons (Fsp3) is 0.471. The van der Waals surface area contributed by atoms with Crippen LogP contribution in [0.5, 0.6) is 0 Å². The Bertz CT molecular complexity index is 691. The quantitative estimate of drug-likeness (QED) is 0.899. The lowest BCUT2D eigenvalue weighted by Gasteiger charge is -2.20. The van der Waals surface area contributed by atoms with Crippen LogP contribution in [-0.4, -0.2) is 9.55 Å². The zero-order valence-electron chi connectivity index (χ0n) is 13.1. The van der Waals surface area contributed by atoms with Crippen molar-refractivity contribution < 1.29 is 4.39 Å². The first kappa shape index (κ1) is 14.1. The molecule has 3 nitrogen and oxygen atoms in total. The van der Waals surface area contributed by atoms with Gasteiger partial charge in [0.25, 0.3) is 0 Å². The van der Waals surface area contributed by atoms with E-state index in [0.717, 1.165) is 29.8 Å². The maximum absolute atomic E-state index is 13.6. The number of hydrogen-bond acceptors (Lipinski definition) is 2. The van der Waals surface area contributed by atoms with E-state index in [1.165, 1.54) is 12.1 Å². The standard InChI is InChI=1S/C17H22FN3/c1-10-5-6-11(18)9-13(10)14-15(19)21(12-7-8-12)16(20-14)17(2,3)4/h5-6,9,12H,7-8,19H2,1-4H3. The summed E-state index contributed by atoms with van der Waals surface area (Å²) in [5, 5.41) is 0. The lowest BCUT2D eigenvalue weighted by Crippen LogP contribution is -2.19. The minimum absolute atomic E-state index is 0.0871. The van der Waals surface area contributed by atoms with E-state index < -0.39 is 0 Å². The Morgan fingerprint density at radius 2 is 1.95 bits per heavy atom. The number of rotatable bonds is 2. The van der Waals surface area contributed by atoms with Crippen molar-refractivity contribution in [3.8, 4) is 11.3 Å². The second-order valence-electron chi connectivity index (χ2n) is 6.98. The molecule has 4 heteroatoms. The van der Waals surface area contributed by atoms with Crippen LogP contribution in [0.25, 0.3) is 11.3 Å². The molecule has 1 fully saturated rings. The van der Waals surface area contributed by atoms with Crippen LogP contribution in [0.1, 0.15) is 51.0 Å². The molecule has 0 spiro atoms. The van der Waals surface area contributed by atoms with Crippen LogP contribution in [0.4, 0.5) is 10.2 Å². The second-order valence-corrected chi connectivity index (χ2v) is 6.98. The van der Waals surface area contributed by atoms with Crippen LogP contribution in [0.2, 0.25) is 0 Å². The number of anilines is 1. The summed E-state index contributed by atoms with van der Waals surface area (Å²) in [6.07, 6.45) is 2.29. The topological polar surface area (TPSA) is 43.8 Å². The molecule has 0 amide bonds. The summed E-state index contributed by atoms with van der Waals surface area (Å²) in [6.45, 7) is 8.36. The molecule has 21 heavy (non-hydrogen) atoms. The highest BCUT2D eigenvalue weighted by Crippen LogP contribution is 2.43. The van der Waals surface area contributed by atoms with Crippen LogP contribution in [-0.2, 0) is 5.41 Å². The van der Waals surface area contributed by atoms with Crippen LogP contribution in [0, 0.1) is 12.7 Å². The molecule has 3 rings (SSSR count). The Hall–Kier alpha value is -1.84. The molecule has 1 aliphatic carbocycles. The maximum Gasteiger partial charge on any atom is 0.132 e. The zero-order chi connectivity index (χ0) is 15.4. The SMILES string of the molecule is Cc1ccc(F)cc1-c1nc(C(C)(C)C)n(C2CC2)c1N.